The molecule has 2 heterocycles. The Labute approximate surface area is 187 Å². The number of carbonyl (C=O) groups is 2. The van der Waals surface area contributed by atoms with Crippen LogP contribution in [0.1, 0.15) is 17.5 Å². The summed E-state index contributed by atoms with van der Waals surface area (Å²) in [6.07, 6.45) is 4.88. The molecule has 0 spiro atoms. The average molecular weight is 427 g/mol. The third-order valence-electron chi connectivity index (χ3n) is 5.55. The van der Waals surface area contributed by atoms with Crippen LogP contribution in [0.2, 0.25) is 0 Å². The standard InChI is InChI=1S/C26H26N4O2/c1-30(24-13-7-8-16-27-24)26(32)23(15-14-19-9-3-2-4-10-19)29-25(31)17-20-18-28-22-12-6-5-11-21(20)22/h2-13,16,18,23,28H,14-15,17H2,1H3,(H,29,31)/t23-/m1/s1. The topological polar surface area (TPSA) is 78.1 Å². The second-order valence-corrected chi connectivity index (χ2v) is 7.77. The largest absolute Gasteiger partial charge is 0.361 e. The molecule has 0 fully saturated rings. The Balaban J connectivity index is 1.49. The number of amides is 2. The summed E-state index contributed by atoms with van der Waals surface area (Å²) in [4.78, 5) is 35.2. The van der Waals surface area contributed by atoms with E-state index in [1.807, 2.05) is 66.9 Å². The maximum absolute atomic E-state index is 13.3. The molecule has 2 N–H and O–H groups in total. The van der Waals surface area contributed by atoms with Gasteiger partial charge in [0.25, 0.3) is 0 Å². The molecular formula is C26H26N4O2. The van der Waals surface area contributed by atoms with Gasteiger partial charge >= 0.3 is 0 Å². The number of nitrogens with zero attached hydrogens (tertiary/aromatic N) is 2. The van der Waals surface area contributed by atoms with Gasteiger partial charge in [-0.05, 0) is 42.2 Å². The smallest absolute Gasteiger partial charge is 0.250 e. The average Bonchev–Trinajstić information content (AvgIpc) is 3.24. The molecule has 32 heavy (non-hydrogen) atoms. The highest BCUT2D eigenvalue weighted by molar-refractivity contribution is 5.98. The van der Waals surface area contributed by atoms with Crippen molar-refractivity contribution < 1.29 is 9.59 Å². The Bertz CT molecular complexity index is 1190. The Kier molecular flexibility index (Phi) is 6.60. The van der Waals surface area contributed by atoms with Crippen LogP contribution in [0.25, 0.3) is 10.9 Å². The molecule has 0 aliphatic carbocycles. The summed E-state index contributed by atoms with van der Waals surface area (Å²) in [5.41, 5.74) is 3.02. The lowest BCUT2D eigenvalue weighted by atomic mass is 10.0. The van der Waals surface area contributed by atoms with Crippen molar-refractivity contribution in [2.75, 3.05) is 11.9 Å². The lowest BCUT2D eigenvalue weighted by Crippen LogP contribution is -2.48. The van der Waals surface area contributed by atoms with Crippen LogP contribution in [0.3, 0.4) is 0 Å². The van der Waals surface area contributed by atoms with Crippen LogP contribution in [-0.2, 0) is 22.4 Å². The van der Waals surface area contributed by atoms with Crippen LogP contribution in [-0.4, -0.2) is 34.9 Å². The molecule has 2 aromatic carbocycles. The minimum Gasteiger partial charge on any atom is -0.361 e. The minimum absolute atomic E-state index is 0.185. The van der Waals surface area contributed by atoms with Gasteiger partial charge in [0.2, 0.25) is 11.8 Å². The Morgan fingerprint density at radius 2 is 1.75 bits per heavy atom. The summed E-state index contributed by atoms with van der Waals surface area (Å²) in [7, 11) is 1.69. The molecule has 6 nitrogen and oxygen atoms in total. The maximum atomic E-state index is 13.3. The van der Waals surface area contributed by atoms with Gasteiger partial charge in [0.1, 0.15) is 11.9 Å². The summed E-state index contributed by atoms with van der Waals surface area (Å²) in [6, 6.07) is 22.6. The number of aromatic nitrogens is 2. The molecule has 2 amide bonds. The second kappa shape index (κ2) is 9.92. The molecule has 4 aromatic rings. The number of hydrogen-bond donors (Lipinski definition) is 2. The molecule has 0 aliphatic rings. The number of likely N-dealkylation sites (N-methyl/N-ethyl adjacent to an activating group) is 1. The van der Waals surface area contributed by atoms with Crippen LogP contribution in [0, 0.1) is 0 Å². The SMILES string of the molecule is CN(C(=O)[C@@H](CCc1ccccc1)NC(=O)Cc1c[nH]c2ccccc12)c1ccccn1. The third-order valence-corrected chi connectivity index (χ3v) is 5.55. The van der Waals surface area contributed by atoms with Crippen LogP contribution < -0.4 is 10.2 Å². The van der Waals surface area contributed by atoms with Crippen molar-refractivity contribution in [3.05, 3.63) is 96.3 Å². The number of rotatable bonds is 8. The van der Waals surface area contributed by atoms with Crippen molar-refractivity contribution in [3.63, 3.8) is 0 Å². The fourth-order valence-corrected chi connectivity index (χ4v) is 3.81. The van der Waals surface area contributed by atoms with Gasteiger partial charge in [0.15, 0.2) is 0 Å². The van der Waals surface area contributed by atoms with Gasteiger partial charge in [-0.1, -0.05) is 54.6 Å². The highest BCUT2D eigenvalue weighted by atomic mass is 16.2. The number of aromatic amines is 1. The van der Waals surface area contributed by atoms with E-state index >= 15 is 0 Å². The van der Waals surface area contributed by atoms with Crippen molar-refractivity contribution >= 4 is 28.5 Å². The van der Waals surface area contributed by atoms with Gasteiger partial charge in [0, 0.05) is 30.3 Å². The zero-order valence-electron chi connectivity index (χ0n) is 18.0. The number of para-hydroxylation sites is 1. The van der Waals surface area contributed by atoms with Gasteiger partial charge in [-0.2, -0.15) is 0 Å². The number of pyridine rings is 1. The molecule has 6 heteroatoms. The molecule has 0 saturated heterocycles. The van der Waals surface area contributed by atoms with Gasteiger partial charge in [-0.15, -0.1) is 0 Å². The maximum Gasteiger partial charge on any atom is 0.250 e. The summed E-state index contributed by atoms with van der Waals surface area (Å²) >= 11 is 0. The van der Waals surface area contributed by atoms with E-state index in [-0.39, 0.29) is 18.2 Å². The van der Waals surface area contributed by atoms with E-state index in [1.165, 1.54) is 4.90 Å². The van der Waals surface area contributed by atoms with Crippen molar-refractivity contribution in [1.29, 1.82) is 0 Å². The molecule has 0 aliphatic heterocycles. The molecule has 0 radical (unpaired) electrons. The monoisotopic (exact) mass is 426 g/mol. The lowest BCUT2D eigenvalue weighted by molar-refractivity contribution is -0.127. The zero-order chi connectivity index (χ0) is 22.3. The van der Waals surface area contributed by atoms with Gasteiger partial charge in [0.05, 0.1) is 6.42 Å². The fourth-order valence-electron chi connectivity index (χ4n) is 3.81. The quantitative estimate of drug-likeness (QED) is 0.449. The Morgan fingerprint density at radius 3 is 2.53 bits per heavy atom. The van der Waals surface area contributed by atoms with Crippen molar-refractivity contribution in [2.24, 2.45) is 0 Å². The number of hydrogen-bond acceptors (Lipinski definition) is 3. The molecule has 1 atom stereocenters. The molecule has 162 valence electrons. The van der Waals surface area contributed by atoms with E-state index in [0.29, 0.717) is 18.7 Å². The third kappa shape index (κ3) is 5.03. The van der Waals surface area contributed by atoms with Gasteiger partial charge in [-0.25, -0.2) is 4.98 Å². The van der Waals surface area contributed by atoms with E-state index < -0.39 is 6.04 Å². The highest BCUT2D eigenvalue weighted by Gasteiger charge is 2.25. The van der Waals surface area contributed by atoms with E-state index in [0.717, 1.165) is 22.0 Å². The van der Waals surface area contributed by atoms with Gasteiger partial charge in [-0.3, -0.25) is 14.5 Å². The molecule has 4 rings (SSSR count). The number of nitrogens with one attached hydrogen (secondary N) is 2. The molecular weight excluding hydrogens is 400 g/mol. The Hall–Kier alpha value is -3.93. The highest BCUT2D eigenvalue weighted by Crippen LogP contribution is 2.18. The van der Waals surface area contributed by atoms with Crippen LogP contribution in [0.4, 0.5) is 5.82 Å². The number of H-pyrrole nitrogens is 1. The van der Waals surface area contributed by atoms with Crippen LogP contribution >= 0.6 is 0 Å². The molecule has 0 bridgehead atoms. The van der Waals surface area contributed by atoms with Crippen molar-refractivity contribution in [2.45, 2.75) is 25.3 Å². The predicted octanol–water partition coefficient (Wildman–Crippen LogP) is 3.89. The number of benzene rings is 2. The van der Waals surface area contributed by atoms with Crippen LogP contribution in [0.5, 0.6) is 0 Å². The molecule has 0 unspecified atom stereocenters. The first-order valence-corrected chi connectivity index (χ1v) is 10.7. The number of fused-ring (bicyclic) bond motifs is 1. The first kappa shape index (κ1) is 21.3. The van der Waals surface area contributed by atoms with E-state index in [4.69, 9.17) is 0 Å². The molecule has 2 aromatic heterocycles. The van der Waals surface area contributed by atoms with Crippen LogP contribution in [0.15, 0.2) is 85.2 Å². The first-order valence-electron chi connectivity index (χ1n) is 10.7. The zero-order valence-corrected chi connectivity index (χ0v) is 18.0. The minimum atomic E-state index is -0.653. The summed E-state index contributed by atoms with van der Waals surface area (Å²) in [6.45, 7) is 0. The first-order chi connectivity index (χ1) is 15.6. The van der Waals surface area contributed by atoms with E-state index in [1.54, 1.807) is 25.4 Å². The number of carbonyl (C=O) groups excluding carboxylic acids is 2. The summed E-state index contributed by atoms with van der Waals surface area (Å²) < 4.78 is 0. The second-order valence-electron chi connectivity index (χ2n) is 7.77. The number of aryl methyl sites for hydroxylation is 1. The summed E-state index contributed by atoms with van der Waals surface area (Å²) in [5, 5.41) is 3.98. The van der Waals surface area contributed by atoms with Crippen molar-refractivity contribution in [1.82, 2.24) is 15.3 Å². The predicted molar refractivity (Wildman–Crippen MR) is 126 cm³/mol. The Morgan fingerprint density at radius 1 is 1.00 bits per heavy atom. The fraction of sp³-hybridized carbons (Fsp3) is 0.192. The normalized spacial score (nSPS) is 11.8. The van der Waals surface area contributed by atoms with Crippen molar-refractivity contribution in [3.8, 4) is 0 Å². The summed E-state index contributed by atoms with van der Waals surface area (Å²) in [5.74, 6) is 0.176. The molecule has 0 saturated carbocycles. The van der Waals surface area contributed by atoms with Gasteiger partial charge < -0.3 is 10.3 Å². The van der Waals surface area contributed by atoms with E-state index in [2.05, 4.69) is 15.3 Å². The lowest BCUT2D eigenvalue weighted by Gasteiger charge is -2.24. The van der Waals surface area contributed by atoms with E-state index in [9.17, 15) is 9.59 Å². The number of anilines is 1.